The van der Waals surface area contributed by atoms with Crippen molar-refractivity contribution in [1.82, 2.24) is 5.32 Å². The van der Waals surface area contributed by atoms with Gasteiger partial charge in [-0.1, -0.05) is 103 Å². The first kappa shape index (κ1) is 29.9. The Labute approximate surface area is 230 Å². The van der Waals surface area contributed by atoms with Crippen molar-refractivity contribution in [2.75, 3.05) is 0 Å². The first-order chi connectivity index (χ1) is 17.6. The summed E-state index contributed by atoms with van der Waals surface area (Å²) >= 11 is 0. The maximum atomic E-state index is 6.18. The van der Waals surface area contributed by atoms with E-state index < -0.39 is 0 Å². The summed E-state index contributed by atoms with van der Waals surface area (Å²) < 4.78 is 0. The molecule has 0 aromatic heterocycles. The molecule has 2 nitrogen and oxygen atoms in total. The Balaban J connectivity index is 1.70. The second-order valence-electron chi connectivity index (χ2n) is 13.6. The lowest BCUT2D eigenvalue weighted by Crippen LogP contribution is -2.30. The van der Waals surface area contributed by atoms with Crippen molar-refractivity contribution < 1.29 is 0 Å². The van der Waals surface area contributed by atoms with Crippen LogP contribution >= 0.6 is 0 Å². The van der Waals surface area contributed by atoms with Crippen molar-refractivity contribution in [3.8, 4) is 0 Å². The topological polar surface area (TPSA) is 38.0 Å². The smallest absolute Gasteiger partial charge is 0.0298 e. The van der Waals surface area contributed by atoms with Crippen LogP contribution in [0.3, 0.4) is 0 Å². The SMILES string of the molecule is C=C1/C=C\CC2C(C)C=CCC2CC(C)CCCCC(C)C(C)CC(C/C=C/C2(C)CCC=C(N)C2)N1. The molecule has 8 unspecified atom stereocenters. The van der Waals surface area contributed by atoms with Gasteiger partial charge in [-0.15, -0.1) is 0 Å². The maximum Gasteiger partial charge on any atom is 0.0298 e. The maximum absolute atomic E-state index is 6.18. The molecule has 0 saturated heterocycles. The summed E-state index contributed by atoms with van der Waals surface area (Å²) in [5.41, 5.74) is 8.50. The summed E-state index contributed by atoms with van der Waals surface area (Å²) in [5.74, 6) is 4.54. The molecule has 3 rings (SSSR count). The minimum atomic E-state index is 0.199. The van der Waals surface area contributed by atoms with Crippen LogP contribution in [0.4, 0.5) is 0 Å². The van der Waals surface area contributed by atoms with Crippen molar-refractivity contribution in [3.05, 3.63) is 60.5 Å². The molecule has 37 heavy (non-hydrogen) atoms. The van der Waals surface area contributed by atoms with Crippen LogP contribution in [-0.2, 0) is 0 Å². The van der Waals surface area contributed by atoms with E-state index in [1.165, 1.54) is 51.4 Å². The molecule has 8 atom stereocenters. The third kappa shape index (κ3) is 9.84. The monoisotopic (exact) mass is 506 g/mol. The number of hydrogen-bond donors (Lipinski definition) is 2. The highest BCUT2D eigenvalue weighted by atomic mass is 14.9. The van der Waals surface area contributed by atoms with Crippen LogP contribution in [0.5, 0.6) is 0 Å². The second-order valence-corrected chi connectivity index (χ2v) is 13.6. The zero-order valence-corrected chi connectivity index (χ0v) is 24.9. The average molecular weight is 507 g/mol. The Bertz CT molecular complexity index is 832. The minimum Gasteiger partial charge on any atom is -0.402 e. The summed E-state index contributed by atoms with van der Waals surface area (Å²) in [6, 6.07) is 0.422. The van der Waals surface area contributed by atoms with Gasteiger partial charge in [-0.3, -0.25) is 0 Å². The van der Waals surface area contributed by atoms with E-state index in [1.54, 1.807) is 0 Å². The van der Waals surface area contributed by atoms with Gasteiger partial charge in [0.1, 0.15) is 0 Å². The predicted molar refractivity (Wildman–Crippen MR) is 163 cm³/mol. The fraction of sp³-hybridized carbons (Fsp3) is 0.714. The number of hydrogen-bond acceptors (Lipinski definition) is 2. The Morgan fingerprint density at radius 2 is 1.84 bits per heavy atom. The molecule has 3 N–H and O–H groups in total. The fourth-order valence-corrected chi connectivity index (χ4v) is 7.22. The van der Waals surface area contributed by atoms with Crippen LogP contribution in [0.2, 0.25) is 0 Å². The molecular formula is C35H58N2. The normalized spacial score (nSPS) is 39.9. The van der Waals surface area contributed by atoms with Gasteiger partial charge in [-0.2, -0.15) is 0 Å². The largest absolute Gasteiger partial charge is 0.402 e. The predicted octanol–water partition coefficient (Wildman–Crippen LogP) is 9.47. The number of fused-ring (bicyclic) bond motifs is 1. The van der Waals surface area contributed by atoms with E-state index in [-0.39, 0.29) is 5.41 Å². The van der Waals surface area contributed by atoms with E-state index >= 15 is 0 Å². The van der Waals surface area contributed by atoms with Gasteiger partial charge in [0.2, 0.25) is 0 Å². The van der Waals surface area contributed by atoms with Crippen LogP contribution in [0, 0.1) is 40.9 Å². The van der Waals surface area contributed by atoms with Crippen LogP contribution in [0.15, 0.2) is 60.5 Å². The molecule has 1 heterocycles. The van der Waals surface area contributed by atoms with E-state index in [0.29, 0.717) is 17.9 Å². The number of nitrogens with two attached hydrogens (primary N) is 1. The Morgan fingerprint density at radius 1 is 1.05 bits per heavy atom. The van der Waals surface area contributed by atoms with Crippen molar-refractivity contribution >= 4 is 0 Å². The van der Waals surface area contributed by atoms with E-state index in [1.807, 2.05) is 0 Å². The number of rotatable bonds is 3. The summed E-state index contributed by atoms with van der Waals surface area (Å²) in [6.07, 6.45) is 31.5. The second kappa shape index (κ2) is 14.5. The lowest BCUT2D eigenvalue weighted by atomic mass is 9.71. The van der Waals surface area contributed by atoms with Gasteiger partial charge in [0.25, 0.3) is 0 Å². The van der Waals surface area contributed by atoms with Gasteiger partial charge in [-0.05, 0) is 98.4 Å². The lowest BCUT2D eigenvalue weighted by molar-refractivity contribution is 0.215. The Morgan fingerprint density at radius 3 is 2.62 bits per heavy atom. The lowest BCUT2D eigenvalue weighted by Gasteiger charge is -2.34. The van der Waals surface area contributed by atoms with Gasteiger partial charge in [0.05, 0.1) is 0 Å². The van der Waals surface area contributed by atoms with Crippen LogP contribution in [-0.4, -0.2) is 6.04 Å². The van der Waals surface area contributed by atoms with Gasteiger partial charge in [0, 0.05) is 17.4 Å². The first-order valence-electron chi connectivity index (χ1n) is 15.6. The van der Waals surface area contributed by atoms with E-state index in [0.717, 1.165) is 60.7 Å². The third-order valence-corrected chi connectivity index (χ3v) is 9.89. The highest BCUT2D eigenvalue weighted by molar-refractivity contribution is 5.16. The molecule has 208 valence electrons. The molecule has 0 aromatic rings. The molecule has 2 aliphatic carbocycles. The fourth-order valence-electron chi connectivity index (χ4n) is 7.22. The number of allylic oxidation sites excluding steroid dienone is 7. The van der Waals surface area contributed by atoms with Gasteiger partial charge < -0.3 is 11.1 Å². The molecule has 0 spiro atoms. The molecule has 0 bridgehead atoms. The van der Waals surface area contributed by atoms with Gasteiger partial charge in [-0.25, -0.2) is 0 Å². The van der Waals surface area contributed by atoms with E-state index in [4.69, 9.17) is 5.73 Å². The third-order valence-electron chi connectivity index (χ3n) is 9.89. The van der Waals surface area contributed by atoms with Crippen LogP contribution in [0.25, 0.3) is 0 Å². The molecular weight excluding hydrogens is 448 g/mol. The molecule has 3 aliphatic rings. The summed E-state index contributed by atoms with van der Waals surface area (Å²) in [6.45, 7) is 16.6. The van der Waals surface area contributed by atoms with Gasteiger partial charge in [0.15, 0.2) is 0 Å². The molecule has 0 saturated carbocycles. The summed E-state index contributed by atoms with van der Waals surface area (Å²) in [7, 11) is 0. The molecule has 0 amide bonds. The van der Waals surface area contributed by atoms with E-state index in [9.17, 15) is 0 Å². The van der Waals surface area contributed by atoms with E-state index in [2.05, 4.69) is 89.0 Å². The first-order valence-corrected chi connectivity index (χ1v) is 15.6. The van der Waals surface area contributed by atoms with Crippen molar-refractivity contribution in [1.29, 1.82) is 0 Å². The summed E-state index contributed by atoms with van der Waals surface area (Å²) in [5, 5.41) is 3.83. The number of nitrogens with one attached hydrogen (secondary N) is 1. The quantitative estimate of drug-likeness (QED) is 0.374. The van der Waals surface area contributed by atoms with Crippen molar-refractivity contribution in [2.45, 2.75) is 118 Å². The van der Waals surface area contributed by atoms with Gasteiger partial charge >= 0.3 is 0 Å². The zero-order valence-electron chi connectivity index (χ0n) is 24.9. The molecule has 1 aliphatic heterocycles. The molecule has 0 radical (unpaired) electrons. The van der Waals surface area contributed by atoms with Crippen LogP contribution in [0.1, 0.15) is 112 Å². The minimum absolute atomic E-state index is 0.199. The van der Waals surface area contributed by atoms with Crippen molar-refractivity contribution in [3.63, 3.8) is 0 Å². The highest BCUT2D eigenvalue weighted by Crippen LogP contribution is 2.38. The summed E-state index contributed by atoms with van der Waals surface area (Å²) in [4.78, 5) is 0. The average Bonchev–Trinajstić information content (AvgIpc) is 2.82. The molecule has 0 aromatic carbocycles. The van der Waals surface area contributed by atoms with Crippen molar-refractivity contribution in [2.24, 2.45) is 46.7 Å². The van der Waals surface area contributed by atoms with Crippen LogP contribution < -0.4 is 11.1 Å². The Kier molecular flexibility index (Phi) is 11.7. The Hall–Kier alpha value is -1.70. The molecule has 2 heteroatoms. The highest BCUT2D eigenvalue weighted by Gasteiger charge is 2.28. The standard InChI is InChI=1S/C35H58N2/c1-26-13-7-8-14-27(2)29(4)24-33(19-12-22-35(6)21-11-18-32(36)25-35)37-30(5)16-10-20-34-28(3)15-9-17-31(34)23-26/h9-10,12,15-16,18,22,26-29,31,33-34,37H,5,7-8,11,13-14,17,19-21,23-25,36H2,1-4,6H3/b16-10-,22-12+. The molecule has 0 fully saturated rings. The zero-order chi connectivity index (χ0) is 26.8.